The standard InChI is InChI=1S/C9H20NO2P3/c1-9(2,8(11)12-15-14)7-4-3-5-10(13)6-7/h7,15H,3-6,13-14H2,1-2H3. The third-order valence-electron chi connectivity index (χ3n) is 3.15. The average molecular weight is 267 g/mol. The van der Waals surface area contributed by atoms with Gasteiger partial charge in [-0.05, 0) is 32.6 Å². The maximum absolute atomic E-state index is 11.8. The zero-order valence-corrected chi connectivity index (χ0v) is 12.6. The van der Waals surface area contributed by atoms with Crippen LogP contribution in [0.3, 0.4) is 0 Å². The maximum atomic E-state index is 11.8. The molecule has 0 aromatic heterocycles. The first-order chi connectivity index (χ1) is 6.98. The van der Waals surface area contributed by atoms with Crippen molar-refractivity contribution in [3.63, 3.8) is 0 Å². The van der Waals surface area contributed by atoms with Crippen LogP contribution in [-0.4, -0.2) is 23.7 Å². The maximum Gasteiger partial charge on any atom is 0.314 e. The Morgan fingerprint density at radius 1 is 1.60 bits per heavy atom. The molecule has 1 heterocycles. The zero-order chi connectivity index (χ0) is 11.5. The number of rotatable bonds is 3. The van der Waals surface area contributed by atoms with E-state index in [0.717, 1.165) is 25.9 Å². The van der Waals surface area contributed by atoms with E-state index in [0.29, 0.717) is 5.92 Å². The largest absolute Gasteiger partial charge is 0.444 e. The normalized spacial score (nSPS) is 24.7. The molecule has 4 unspecified atom stereocenters. The van der Waals surface area contributed by atoms with Gasteiger partial charge in [-0.2, -0.15) is 0 Å². The molecule has 0 amide bonds. The van der Waals surface area contributed by atoms with Crippen LogP contribution >= 0.6 is 26.8 Å². The highest BCUT2D eigenvalue weighted by Crippen LogP contribution is 2.38. The highest BCUT2D eigenvalue weighted by Gasteiger charge is 2.39. The van der Waals surface area contributed by atoms with E-state index in [1.807, 2.05) is 13.8 Å². The second kappa shape index (κ2) is 5.87. The molecule has 6 heteroatoms. The molecule has 0 N–H and O–H groups in total. The smallest absolute Gasteiger partial charge is 0.314 e. The molecule has 0 aromatic carbocycles. The van der Waals surface area contributed by atoms with Crippen molar-refractivity contribution in [1.82, 2.24) is 4.67 Å². The number of hydrogen-bond donors (Lipinski definition) is 0. The van der Waals surface area contributed by atoms with E-state index in [1.165, 1.54) is 0 Å². The fourth-order valence-electron chi connectivity index (χ4n) is 1.95. The van der Waals surface area contributed by atoms with E-state index in [-0.39, 0.29) is 19.9 Å². The quantitative estimate of drug-likeness (QED) is 0.735. The Morgan fingerprint density at radius 2 is 2.27 bits per heavy atom. The summed E-state index contributed by atoms with van der Waals surface area (Å²) in [6, 6.07) is 0. The van der Waals surface area contributed by atoms with Crippen LogP contribution in [0.5, 0.6) is 0 Å². The Morgan fingerprint density at radius 3 is 2.80 bits per heavy atom. The summed E-state index contributed by atoms with van der Waals surface area (Å²) in [4.78, 5) is 11.8. The van der Waals surface area contributed by atoms with Gasteiger partial charge in [-0.1, -0.05) is 18.3 Å². The van der Waals surface area contributed by atoms with Crippen molar-refractivity contribution >= 4 is 32.8 Å². The van der Waals surface area contributed by atoms with E-state index >= 15 is 0 Å². The predicted molar refractivity (Wildman–Crippen MR) is 71.9 cm³/mol. The third kappa shape index (κ3) is 3.60. The summed E-state index contributed by atoms with van der Waals surface area (Å²) in [7, 11) is 5.34. The number of carbonyl (C=O) groups is 1. The van der Waals surface area contributed by atoms with Gasteiger partial charge in [0, 0.05) is 13.1 Å². The van der Waals surface area contributed by atoms with Gasteiger partial charge in [0.2, 0.25) is 0 Å². The van der Waals surface area contributed by atoms with Gasteiger partial charge in [-0.15, -0.1) is 0 Å². The lowest BCUT2D eigenvalue weighted by Gasteiger charge is -2.38. The Balaban J connectivity index is 2.62. The lowest BCUT2D eigenvalue weighted by molar-refractivity contribution is -0.146. The SMILES string of the molecule is CC(C)(C(=O)OPP)C1CCCN(P)C1. The van der Waals surface area contributed by atoms with Crippen LogP contribution in [0.1, 0.15) is 26.7 Å². The van der Waals surface area contributed by atoms with Crippen LogP contribution in [0.15, 0.2) is 0 Å². The summed E-state index contributed by atoms with van der Waals surface area (Å²) >= 11 is 0. The van der Waals surface area contributed by atoms with E-state index in [1.54, 1.807) is 0 Å². The molecule has 4 atom stereocenters. The first kappa shape index (κ1) is 13.8. The molecule has 88 valence electrons. The topological polar surface area (TPSA) is 29.5 Å². The molecule has 0 spiro atoms. The van der Waals surface area contributed by atoms with Gasteiger partial charge in [0.25, 0.3) is 0 Å². The summed E-state index contributed by atoms with van der Waals surface area (Å²) < 4.78 is 7.34. The van der Waals surface area contributed by atoms with Crippen LogP contribution in [0.4, 0.5) is 0 Å². The second-order valence-corrected chi connectivity index (χ2v) is 6.44. The fourth-order valence-corrected chi connectivity index (χ4v) is 3.08. The Labute approximate surface area is 98.3 Å². The lowest BCUT2D eigenvalue weighted by Crippen LogP contribution is -2.41. The predicted octanol–water partition coefficient (Wildman–Crippen LogP) is 2.44. The van der Waals surface area contributed by atoms with Crippen molar-refractivity contribution in [2.24, 2.45) is 11.3 Å². The number of nitrogens with zero attached hydrogens (tertiary/aromatic N) is 1. The Bertz CT molecular complexity index is 235. The van der Waals surface area contributed by atoms with Gasteiger partial charge < -0.3 is 4.52 Å². The molecule has 1 fully saturated rings. The van der Waals surface area contributed by atoms with Crippen molar-refractivity contribution in [2.45, 2.75) is 26.7 Å². The summed E-state index contributed by atoms with van der Waals surface area (Å²) in [6.07, 6.45) is 2.28. The monoisotopic (exact) mass is 267 g/mol. The van der Waals surface area contributed by atoms with Crippen LogP contribution in [-0.2, 0) is 9.32 Å². The first-order valence-corrected chi connectivity index (χ1v) is 8.38. The zero-order valence-electron chi connectivity index (χ0n) is 9.32. The Kier molecular flexibility index (Phi) is 5.40. The fraction of sp³-hybridized carbons (Fsp3) is 0.889. The lowest BCUT2D eigenvalue weighted by atomic mass is 9.75. The van der Waals surface area contributed by atoms with E-state index in [9.17, 15) is 4.79 Å². The minimum Gasteiger partial charge on any atom is -0.444 e. The summed E-state index contributed by atoms with van der Waals surface area (Å²) in [5.74, 6) is 0.332. The first-order valence-electron chi connectivity index (χ1n) is 5.15. The molecule has 1 aliphatic rings. The molecule has 0 bridgehead atoms. The van der Waals surface area contributed by atoms with Gasteiger partial charge in [0.05, 0.1) is 13.9 Å². The van der Waals surface area contributed by atoms with Crippen molar-refractivity contribution in [1.29, 1.82) is 0 Å². The molecule has 0 saturated carbocycles. The van der Waals surface area contributed by atoms with Crippen LogP contribution in [0.25, 0.3) is 0 Å². The third-order valence-corrected chi connectivity index (χ3v) is 4.28. The molecule has 0 aliphatic carbocycles. The molecule has 3 nitrogen and oxygen atoms in total. The molecule has 15 heavy (non-hydrogen) atoms. The number of piperidine rings is 1. The molecular formula is C9H20NO2P3. The highest BCUT2D eigenvalue weighted by atomic mass is 32.0. The van der Waals surface area contributed by atoms with Gasteiger partial charge in [0.1, 0.15) is 0 Å². The van der Waals surface area contributed by atoms with Gasteiger partial charge >= 0.3 is 5.97 Å². The summed E-state index contributed by atoms with van der Waals surface area (Å²) in [6.45, 7) is 6.06. The minimum absolute atomic E-state index is 0.0684. The molecular weight excluding hydrogens is 247 g/mol. The highest BCUT2D eigenvalue weighted by molar-refractivity contribution is 8.00. The van der Waals surface area contributed by atoms with Gasteiger partial charge in [-0.25, -0.2) is 0 Å². The van der Waals surface area contributed by atoms with E-state index in [4.69, 9.17) is 4.52 Å². The minimum atomic E-state index is -0.362. The van der Waals surface area contributed by atoms with Crippen molar-refractivity contribution in [2.75, 3.05) is 13.1 Å². The molecule has 1 aliphatic heterocycles. The van der Waals surface area contributed by atoms with Crippen LogP contribution in [0, 0.1) is 11.3 Å². The van der Waals surface area contributed by atoms with Gasteiger partial charge in [-0.3, -0.25) is 9.46 Å². The van der Waals surface area contributed by atoms with E-state index < -0.39 is 0 Å². The van der Waals surface area contributed by atoms with Crippen molar-refractivity contribution in [3.8, 4) is 0 Å². The summed E-state index contributed by atoms with van der Waals surface area (Å²) in [5, 5.41) is 0. The van der Waals surface area contributed by atoms with Gasteiger partial charge in [0.15, 0.2) is 0 Å². The molecule has 0 radical (unpaired) electrons. The van der Waals surface area contributed by atoms with Crippen LogP contribution < -0.4 is 0 Å². The molecule has 1 rings (SSSR count). The number of hydrogen-bond acceptors (Lipinski definition) is 3. The van der Waals surface area contributed by atoms with E-state index in [2.05, 4.69) is 23.0 Å². The average Bonchev–Trinajstić information content (AvgIpc) is 2.18. The van der Waals surface area contributed by atoms with Crippen LogP contribution in [0.2, 0.25) is 0 Å². The summed E-state index contributed by atoms with van der Waals surface area (Å²) in [5.41, 5.74) is -0.362. The number of carbonyl (C=O) groups excluding carboxylic acids is 1. The second-order valence-electron chi connectivity index (χ2n) is 4.56. The van der Waals surface area contributed by atoms with Crippen molar-refractivity contribution < 1.29 is 9.32 Å². The Hall–Kier alpha value is 0.720. The van der Waals surface area contributed by atoms with Crippen molar-refractivity contribution in [3.05, 3.63) is 0 Å². The molecule has 1 saturated heterocycles. The molecule has 0 aromatic rings.